The summed E-state index contributed by atoms with van der Waals surface area (Å²) >= 11 is 6.35. The maximum absolute atomic E-state index is 3.61. The molecule has 2 heteroatoms. The van der Waals surface area contributed by atoms with Crippen molar-refractivity contribution < 1.29 is 0 Å². The van der Waals surface area contributed by atoms with Crippen LogP contribution in [0.25, 0.3) is 0 Å². The number of rotatable bonds is 1. The summed E-state index contributed by atoms with van der Waals surface area (Å²) in [6, 6.07) is 0. The standard InChI is InChI=1S/C4H5Br2/c1-2-4(6)3-5/h3H,1-2H2. The van der Waals surface area contributed by atoms with Gasteiger partial charge in [-0.3, -0.25) is 0 Å². The molecule has 0 aromatic carbocycles. The average Bonchev–Trinajstić information content (AvgIpc) is 1.65. The zero-order valence-electron chi connectivity index (χ0n) is 3.25. The van der Waals surface area contributed by atoms with Gasteiger partial charge in [0.15, 0.2) is 0 Å². The van der Waals surface area contributed by atoms with Crippen LogP contribution in [0, 0.1) is 6.92 Å². The Morgan fingerprint density at radius 2 is 2.33 bits per heavy atom. The Hall–Kier alpha value is 0.700. The van der Waals surface area contributed by atoms with E-state index in [1.165, 1.54) is 0 Å². The zero-order chi connectivity index (χ0) is 4.99. The predicted octanol–water partition coefficient (Wildman–Crippen LogP) is 2.84. The largest absolute Gasteiger partial charge is 0.0586 e. The summed E-state index contributed by atoms with van der Waals surface area (Å²) in [7, 11) is 0. The van der Waals surface area contributed by atoms with Crippen LogP contribution in [0.3, 0.4) is 0 Å². The van der Waals surface area contributed by atoms with Gasteiger partial charge in [-0.1, -0.05) is 31.9 Å². The third kappa shape index (κ3) is 2.91. The lowest BCUT2D eigenvalue weighted by Crippen LogP contribution is -1.56. The van der Waals surface area contributed by atoms with Crippen molar-refractivity contribution in [2.24, 2.45) is 0 Å². The lowest BCUT2D eigenvalue weighted by molar-refractivity contribution is 1.39. The second-order valence-corrected chi connectivity index (χ2v) is 2.28. The molecule has 0 aliphatic heterocycles. The van der Waals surface area contributed by atoms with Gasteiger partial charge in [0.25, 0.3) is 0 Å². The molecule has 1 radical (unpaired) electrons. The minimum absolute atomic E-state index is 0.811. The summed E-state index contributed by atoms with van der Waals surface area (Å²) in [5.41, 5.74) is 0. The third-order valence-electron chi connectivity index (χ3n) is 0.357. The van der Waals surface area contributed by atoms with Gasteiger partial charge >= 0.3 is 0 Å². The first-order valence-electron chi connectivity index (χ1n) is 1.55. The molecule has 0 amide bonds. The maximum atomic E-state index is 3.61. The highest BCUT2D eigenvalue weighted by Crippen LogP contribution is 2.09. The zero-order valence-corrected chi connectivity index (χ0v) is 6.42. The van der Waals surface area contributed by atoms with Crippen LogP contribution in [0.1, 0.15) is 6.42 Å². The van der Waals surface area contributed by atoms with E-state index in [2.05, 4.69) is 38.8 Å². The quantitative estimate of drug-likeness (QED) is 0.628. The highest BCUT2D eigenvalue weighted by Gasteiger charge is 1.77. The minimum atomic E-state index is 0.811. The molecule has 0 rings (SSSR count). The lowest BCUT2D eigenvalue weighted by atomic mass is 10.5. The van der Waals surface area contributed by atoms with Crippen molar-refractivity contribution in [1.29, 1.82) is 0 Å². The van der Waals surface area contributed by atoms with Crippen LogP contribution in [0.2, 0.25) is 0 Å². The molecular weight excluding hydrogens is 208 g/mol. The molecule has 0 spiro atoms. The SMILES string of the molecule is [CH2]CC(Br)=CBr. The number of hydrogen-bond donors (Lipinski definition) is 0. The molecule has 0 saturated carbocycles. The molecule has 0 aliphatic rings. The fourth-order valence-electron chi connectivity index (χ4n) is 0.0546. The smallest absolute Gasteiger partial charge is 0.00197 e. The van der Waals surface area contributed by atoms with Crippen LogP contribution in [0.4, 0.5) is 0 Å². The van der Waals surface area contributed by atoms with Crippen LogP contribution in [0.5, 0.6) is 0 Å². The van der Waals surface area contributed by atoms with E-state index < -0.39 is 0 Å². The van der Waals surface area contributed by atoms with Gasteiger partial charge in [-0.2, -0.15) is 0 Å². The fourth-order valence-corrected chi connectivity index (χ4v) is 0.283. The van der Waals surface area contributed by atoms with E-state index in [1.807, 2.05) is 0 Å². The topological polar surface area (TPSA) is 0 Å². The lowest BCUT2D eigenvalue weighted by Gasteiger charge is -1.80. The van der Waals surface area contributed by atoms with Gasteiger partial charge in [-0.05, 0) is 18.3 Å². The van der Waals surface area contributed by atoms with Crippen molar-refractivity contribution >= 4 is 31.9 Å². The molecule has 0 bridgehead atoms. The van der Waals surface area contributed by atoms with Crippen LogP contribution in [-0.2, 0) is 0 Å². The highest BCUT2D eigenvalue weighted by atomic mass is 79.9. The van der Waals surface area contributed by atoms with E-state index in [0.717, 1.165) is 10.9 Å². The van der Waals surface area contributed by atoms with Crippen molar-refractivity contribution in [2.75, 3.05) is 0 Å². The Balaban J connectivity index is 3.22. The monoisotopic (exact) mass is 211 g/mol. The van der Waals surface area contributed by atoms with Crippen molar-refractivity contribution in [3.63, 3.8) is 0 Å². The van der Waals surface area contributed by atoms with E-state index in [1.54, 1.807) is 4.99 Å². The molecule has 0 unspecified atom stereocenters. The highest BCUT2D eigenvalue weighted by molar-refractivity contribution is 9.14. The first-order valence-corrected chi connectivity index (χ1v) is 3.26. The number of allylic oxidation sites excluding steroid dienone is 1. The first-order chi connectivity index (χ1) is 2.81. The van der Waals surface area contributed by atoms with E-state index in [4.69, 9.17) is 0 Å². The fraction of sp³-hybridized carbons (Fsp3) is 0.250. The van der Waals surface area contributed by atoms with Gasteiger partial charge in [-0.25, -0.2) is 0 Å². The summed E-state index contributed by atoms with van der Waals surface area (Å²) in [5.74, 6) is 0. The van der Waals surface area contributed by atoms with Gasteiger partial charge in [0.2, 0.25) is 0 Å². The van der Waals surface area contributed by atoms with Gasteiger partial charge in [-0.15, -0.1) is 0 Å². The molecule has 0 heterocycles. The van der Waals surface area contributed by atoms with E-state index in [0.29, 0.717) is 0 Å². The Kier molecular flexibility index (Phi) is 4.33. The van der Waals surface area contributed by atoms with E-state index in [9.17, 15) is 0 Å². The van der Waals surface area contributed by atoms with Crippen LogP contribution >= 0.6 is 31.9 Å². The Morgan fingerprint density at radius 1 is 1.83 bits per heavy atom. The normalized spacial score (nSPS) is 12.2. The predicted molar refractivity (Wildman–Crippen MR) is 35.9 cm³/mol. The summed E-state index contributed by atoms with van der Waals surface area (Å²) in [6.07, 6.45) is 0.811. The molecule has 0 aromatic rings. The molecule has 0 atom stereocenters. The van der Waals surface area contributed by atoms with Gasteiger partial charge in [0, 0.05) is 4.48 Å². The molecule has 0 aromatic heterocycles. The molecule has 0 aliphatic carbocycles. The van der Waals surface area contributed by atoms with Gasteiger partial charge in [0.05, 0.1) is 0 Å². The second-order valence-electron chi connectivity index (χ2n) is 0.806. The summed E-state index contributed by atoms with van der Waals surface area (Å²) in [6.45, 7) is 3.61. The second kappa shape index (κ2) is 3.88. The molecule has 0 saturated heterocycles. The molecule has 0 nitrogen and oxygen atoms in total. The van der Waals surface area contributed by atoms with Crippen LogP contribution < -0.4 is 0 Å². The Morgan fingerprint density at radius 3 is 2.33 bits per heavy atom. The average molecular weight is 213 g/mol. The maximum Gasteiger partial charge on any atom is 0.00197 e. The Bertz CT molecular complexity index is 56.6. The summed E-state index contributed by atoms with van der Waals surface area (Å²) in [5, 5.41) is 0. The number of halogens is 2. The van der Waals surface area contributed by atoms with Crippen molar-refractivity contribution in [1.82, 2.24) is 0 Å². The molecule has 6 heavy (non-hydrogen) atoms. The molecular formula is C4H5Br2. The van der Waals surface area contributed by atoms with Crippen molar-refractivity contribution in [3.05, 3.63) is 16.4 Å². The molecule has 0 N–H and O–H groups in total. The summed E-state index contributed by atoms with van der Waals surface area (Å²) in [4.78, 5) is 1.81. The summed E-state index contributed by atoms with van der Waals surface area (Å²) < 4.78 is 1.09. The van der Waals surface area contributed by atoms with Gasteiger partial charge in [0.1, 0.15) is 0 Å². The molecule has 0 fully saturated rings. The van der Waals surface area contributed by atoms with E-state index in [-0.39, 0.29) is 0 Å². The molecule has 35 valence electrons. The van der Waals surface area contributed by atoms with Gasteiger partial charge < -0.3 is 0 Å². The third-order valence-corrected chi connectivity index (χ3v) is 2.15. The van der Waals surface area contributed by atoms with Crippen LogP contribution in [0.15, 0.2) is 9.47 Å². The van der Waals surface area contributed by atoms with Crippen molar-refractivity contribution in [3.8, 4) is 0 Å². The first kappa shape index (κ1) is 6.70. The number of hydrogen-bond acceptors (Lipinski definition) is 0. The van der Waals surface area contributed by atoms with E-state index >= 15 is 0 Å². The minimum Gasteiger partial charge on any atom is -0.0586 e. The Labute approximate surface area is 54.9 Å². The van der Waals surface area contributed by atoms with Crippen LogP contribution in [-0.4, -0.2) is 0 Å². The van der Waals surface area contributed by atoms with Crippen molar-refractivity contribution in [2.45, 2.75) is 6.42 Å².